The number of rotatable bonds is 5. The topological polar surface area (TPSA) is 18.5 Å². The highest BCUT2D eigenvalue weighted by Gasteiger charge is 2.59. The summed E-state index contributed by atoms with van der Waals surface area (Å²) in [6.07, 6.45) is -9.53. The maximum atomic E-state index is 12.1. The van der Waals surface area contributed by atoms with Crippen LogP contribution < -0.4 is 0 Å². The number of halogens is 5. The Bertz CT molecular complexity index is 138. The van der Waals surface area contributed by atoms with Gasteiger partial charge in [0.25, 0.3) is 0 Å². The average Bonchev–Trinajstić information content (AvgIpc) is 2.00. The monoisotopic (exact) mass is 194 g/mol. The highest BCUT2D eigenvalue weighted by molar-refractivity contribution is 4.65. The van der Waals surface area contributed by atoms with Crippen LogP contribution in [0.3, 0.4) is 0 Å². The number of alkyl halides is 5. The second-order valence-corrected chi connectivity index (χ2v) is 1.78. The molecule has 7 heteroatoms. The van der Waals surface area contributed by atoms with E-state index in [0.29, 0.717) is 7.11 Å². The summed E-state index contributed by atoms with van der Waals surface area (Å²) in [7, 11) is 0.396. The number of methoxy groups -OCH3 is 1. The number of hydrogen-bond donors (Lipinski definition) is 0. The average molecular weight is 194 g/mol. The van der Waals surface area contributed by atoms with E-state index in [2.05, 4.69) is 9.47 Å². The van der Waals surface area contributed by atoms with Gasteiger partial charge in [0.05, 0.1) is 6.61 Å². The first-order chi connectivity index (χ1) is 5.37. The highest BCUT2D eigenvalue weighted by atomic mass is 19.3. The van der Waals surface area contributed by atoms with Crippen molar-refractivity contribution in [3.05, 3.63) is 0 Å². The lowest BCUT2D eigenvalue weighted by atomic mass is 10.5. The first-order valence-electron chi connectivity index (χ1n) is 2.88. The minimum absolute atomic E-state index is 0.396. The standard InChI is InChI=1S/C5H7F5O2/c1-11-4(7,8)5(9,10)12-3-2-6/h2-3H2,1H3. The van der Waals surface area contributed by atoms with Gasteiger partial charge in [-0.15, -0.1) is 0 Å². The van der Waals surface area contributed by atoms with Crippen molar-refractivity contribution in [2.24, 2.45) is 0 Å². The maximum Gasteiger partial charge on any atom is 0.448 e. The molecule has 0 N–H and O–H groups in total. The molecule has 0 spiro atoms. The van der Waals surface area contributed by atoms with Crippen LogP contribution in [0.15, 0.2) is 0 Å². The number of ether oxygens (including phenoxy) is 2. The fraction of sp³-hybridized carbons (Fsp3) is 1.00. The predicted octanol–water partition coefficient (Wildman–Crippen LogP) is 1.80. The van der Waals surface area contributed by atoms with Crippen LogP contribution in [0, 0.1) is 0 Å². The molecule has 0 heterocycles. The van der Waals surface area contributed by atoms with Crippen molar-refractivity contribution in [3.63, 3.8) is 0 Å². The van der Waals surface area contributed by atoms with E-state index in [9.17, 15) is 22.0 Å². The van der Waals surface area contributed by atoms with E-state index in [4.69, 9.17) is 0 Å². The smallest absolute Gasteiger partial charge is 0.317 e. The van der Waals surface area contributed by atoms with Crippen molar-refractivity contribution in [1.29, 1.82) is 0 Å². The summed E-state index contributed by atoms with van der Waals surface area (Å²) in [5, 5.41) is 0. The van der Waals surface area contributed by atoms with Crippen LogP contribution in [0.2, 0.25) is 0 Å². The zero-order valence-electron chi connectivity index (χ0n) is 6.12. The van der Waals surface area contributed by atoms with Gasteiger partial charge in [-0.2, -0.15) is 17.6 Å². The molecule has 0 aliphatic heterocycles. The van der Waals surface area contributed by atoms with Crippen LogP contribution in [-0.4, -0.2) is 32.6 Å². The van der Waals surface area contributed by atoms with Gasteiger partial charge in [0.15, 0.2) is 0 Å². The zero-order valence-corrected chi connectivity index (χ0v) is 6.12. The van der Waals surface area contributed by atoms with Gasteiger partial charge in [-0.05, 0) is 0 Å². The molecule has 2 nitrogen and oxygen atoms in total. The van der Waals surface area contributed by atoms with Crippen LogP contribution in [-0.2, 0) is 9.47 Å². The molecule has 0 aromatic carbocycles. The van der Waals surface area contributed by atoms with E-state index in [1.165, 1.54) is 0 Å². The summed E-state index contributed by atoms with van der Waals surface area (Å²) in [4.78, 5) is 0. The summed E-state index contributed by atoms with van der Waals surface area (Å²) < 4.78 is 66.0. The van der Waals surface area contributed by atoms with E-state index in [-0.39, 0.29) is 0 Å². The molecule has 0 aromatic rings. The van der Waals surface area contributed by atoms with Crippen LogP contribution in [0.5, 0.6) is 0 Å². The van der Waals surface area contributed by atoms with Gasteiger partial charge in [-0.3, -0.25) is 0 Å². The third-order valence-corrected chi connectivity index (χ3v) is 0.956. The molecule has 0 aliphatic rings. The van der Waals surface area contributed by atoms with Crippen LogP contribution in [0.1, 0.15) is 0 Å². The third-order valence-electron chi connectivity index (χ3n) is 0.956. The Labute approximate surface area is 65.3 Å². The highest BCUT2D eigenvalue weighted by Crippen LogP contribution is 2.35. The molecular weight excluding hydrogens is 187 g/mol. The molecule has 12 heavy (non-hydrogen) atoms. The Morgan fingerprint density at radius 3 is 1.92 bits per heavy atom. The van der Waals surface area contributed by atoms with Gasteiger partial charge in [-0.25, -0.2) is 4.39 Å². The minimum Gasteiger partial charge on any atom is -0.317 e. The van der Waals surface area contributed by atoms with E-state index in [0.717, 1.165) is 0 Å². The summed E-state index contributed by atoms with van der Waals surface area (Å²) >= 11 is 0. The molecule has 0 radical (unpaired) electrons. The van der Waals surface area contributed by atoms with Crippen molar-refractivity contribution in [2.75, 3.05) is 20.4 Å². The third kappa shape index (κ3) is 2.56. The van der Waals surface area contributed by atoms with Crippen molar-refractivity contribution in [1.82, 2.24) is 0 Å². The quantitative estimate of drug-likeness (QED) is 0.621. The molecule has 74 valence electrons. The number of hydrogen-bond acceptors (Lipinski definition) is 2. The van der Waals surface area contributed by atoms with Gasteiger partial charge in [0, 0.05) is 7.11 Å². The predicted molar refractivity (Wildman–Crippen MR) is 28.8 cm³/mol. The Balaban J connectivity index is 4.17. The van der Waals surface area contributed by atoms with E-state index in [1.807, 2.05) is 0 Å². The fourth-order valence-electron chi connectivity index (χ4n) is 0.370. The largest absolute Gasteiger partial charge is 0.448 e. The van der Waals surface area contributed by atoms with E-state index < -0.39 is 25.5 Å². The summed E-state index contributed by atoms with van der Waals surface area (Å²) in [6, 6.07) is 0. The summed E-state index contributed by atoms with van der Waals surface area (Å²) in [6.45, 7) is -2.37. The SMILES string of the molecule is COC(F)(F)C(F)(F)OCCF. The van der Waals surface area contributed by atoms with Crippen molar-refractivity contribution >= 4 is 0 Å². The van der Waals surface area contributed by atoms with E-state index in [1.54, 1.807) is 0 Å². The Morgan fingerprint density at radius 2 is 1.58 bits per heavy atom. The lowest BCUT2D eigenvalue weighted by Gasteiger charge is -2.23. The zero-order chi connectivity index (χ0) is 9.83. The normalized spacial score (nSPS) is 13.5. The second-order valence-electron chi connectivity index (χ2n) is 1.78. The molecule has 0 rings (SSSR count). The van der Waals surface area contributed by atoms with Crippen LogP contribution in [0.25, 0.3) is 0 Å². The lowest BCUT2D eigenvalue weighted by molar-refractivity contribution is -0.424. The Kier molecular flexibility index (Phi) is 3.85. The molecule has 0 aliphatic carbocycles. The van der Waals surface area contributed by atoms with Crippen molar-refractivity contribution < 1.29 is 31.4 Å². The van der Waals surface area contributed by atoms with Gasteiger partial charge < -0.3 is 9.47 Å². The van der Waals surface area contributed by atoms with Gasteiger partial charge in [-0.1, -0.05) is 0 Å². The molecule has 0 atom stereocenters. The Hall–Kier alpha value is -0.430. The molecule has 0 fully saturated rings. The molecule has 0 bridgehead atoms. The molecule has 0 saturated heterocycles. The second kappa shape index (κ2) is 3.99. The molecule has 0 unspecified atom stereocenters. The van der Waals surface area contributed by atoms with Crippen LogP contribution >= 0.6 is 0 Å². The Morgan fingerprint density at radius 1 is 1.08 bits per heavy atom. The van der Waals surface area contributed by atoms with Gasteiger partial charge in [0.1, 0.15) is 6.67 Å². The summed E-state index contributed by atoms with van der Waals surface area (Å²) in [5.41, 5.74) is 0. The molecule has 0 aromatic heterocycles. The summed E-state index contributed by atoms with van der Waals surface area (Å²) in [5.74, 6) is 0. The first-order valence-corrected chi connectivity index (χ1v) is 2.88. The van der Waals surface area contributed by atoms with Crippen molar-refractivity contribution in [2.45, 2.75) is 12.2 Å². The minimum atomic E-state index is -4.80. The molecule has 0 amide bonds. The van der Waals surface area contributed by atoms with Crippen molar-refractivity contribution in [3.8, 4) is 0 Å². The lowest BCUT2D eigenvalue weighted by Crippen LogP contribution is -2.44. The molecule has 0 saturated carbocycles. The van der Waals surface area contributed by atoms with Gasteiger partial charge >= 0.3 is 12.2 Å². The molecular formula is C5H7F5O2. The fourth-order valence-corrected chi connectivity index (χ4v) is 0.370. The van der Waals surface area contributed by atoms with Crippen LogP contribution in [0.4, 0.5) is 22.0 Å². The van der Waals surface area contributed by atoms with Gasteiger partial charge in [0.2, 0.25) is 0 Å². The van der Waals surface area contributed by atoms with E-state index >= 15 is 0 Å². The first kappa shape index (κ1) is 11.6. The maximum absolute atomic E-state index is 12.1.